The van der Waals surface area contributed by atoms with Gasteiger partial charge in [-0.05, 0) is 27.2 Å². The largest absolute Gasteiger partial charge is 0.370 e. The first kappa shape index (κ1) is 14.2. The highest BCUT2D eigenvalue weighted by molar-refractivity contribution is 7.90. The van der Waals surface area contributed by atoms with Gasteiger partial charge in [0.15, 0.2) is 5.96 Å². The molecule has 0 aromatic rings. The van der Waals surface area contributed by atoms with Crippen LogP contribution in [0.3, 0.4) is 0 Å². The molecule has 0 amide bonds. The second-order valence-corrected chi connectivity index (χ2v) is 6.89. The van der Waals surface area contributed by atoms with Crippen molar-refractivity contribution in [1.29, 1.82) is 0 Å². The summed E-state index contributed by atoms with van der Waals surface area (Å²) in [5.41, 5.74) is 5.48. The van der Waals surface area contributed by atoms with Gasteiger partial charge in [0.05, 0.1) is 5.75 Å². The van der Waals surface area contributed by atoms with Gasteiger partial charge in [0.25, 0.3) is 0 Å². The first-order valence-electron chi connectivity index (χ1n) is 4.86. The summed E-state index contributed by atoms with van der Waals surface area (Å²) in [6.45, 7) is 6.37. The quantitative estimate of drug-likeness (QED) is 0.412. The molecule has 0 heterocycles. The van der Waals surface area contributed by atoms with Crippen LogP contribution in [0.1, 0.15) is 27.2 Å². The minimum absolute atomic E-state index is 0.121. The summed E-state index contributed by atoms with van der Waals surface area (Å²) in [6.07, 6.45) is 1.72. The molecule has 0 rings (SSSR count). The Balaban J connectivity index is 3.88. The van der Waals surface area contributed by atoms with Crippen molar-refractivity contribution in [3.8, 4) is 0 Å². The van der Waals surface area contributed by atoms with E-state index < -0.39 is 9.84 Å². The van der Waals surface area contributed by atoms with Crippen LogP contribution in [-0.2, 0) is 9.84 Å². The van der Waals surface area contributed by atoms with E-state index in [9.17, 15) is 8.42 Å². The minimum atomic E-state index is -2.89. The Bertz CT molecular complexity index is 315. The van der Waals surface area contributed by atoms with Crippen LogP contribution < -0.4 is 11.1 Å². The van der Waals surface area contributed by atoms with E-state index in [-0.39, 0.29) is 11.3 Å². The molecule has 0 aromatic heterocycles. The molecule has 5 nitrogen and oxygen atoms in total. The molecule has 0 fully saturated rings. The van der Waals surface area contributed by atoms with Gasteiger partial charge in [-0.25, -0.2) is 8.42 Å². The highest BCUT2D eigenvalue weighted by Crippen LogP contribution is 1.97. The van der Waals surface area contributed by atoms with Gasteiger partial charge in [0.1, 0.15) is 9.84 Å². The fraction of sp³-hybridized carbons (Fsp3) is 0.889. The average Bonchev–Trinajstić information content (AvgIpc) is 1.92. The van der Waals surface area contributed by atoms with Gasteiger partial charge in [0, 0.05) is 18.3 Å². The van der Waals surface area contributed by atoms with Crippen molar-refractivity contribution in [3.63, 3.8) is 0 Å². The van der Waals surface area contributed by atoms with Crippen LogP contribution in [0.15, 0.2) is 4.99 Å². The summed E-state index contributed by atoms with van der Waals surface area (Å²) >= 11 is 0. The second kappa shape index (κ2) is 5.34. The molecule has 0 aromatic carbocycles. The molecule has 0 aliphatic carbocycles. The van der Waals surface area contributed by atoms with Crippen molar-refractivity contribution in [1.82, 2.24) is 5.32 Å². The van der Waals surface area contributed by atoms with E-state index >= 15 is 0 Å². The third-order valence-electron chi connectivity index (χ3n) is 1.46. The van der Waals surface area contributed by atoms with Crippen LogP contribution in [-0.4, -0.2) is 38.5 Å². The van der Waals surface area contributed by atoms with Gasteiger partial charge in [0.2, 0.25) is 0 Å². The lowest BCUT2D eigenvalue weighted by Gasteiger charge is -2.20. The third-order valence-corrected chi connectivity index (χ3v) is 2.49. The third kappa shape index (κ3) is 11.1. The number of nitrogens with one attached hydrogen (secondary N) is 1. The highest BCUT2D eigenvalue weighted by atomic mass is 32.2. The summed E-state index contributed by atoms with van der Waals surface area (Å²) in [5, 5.41) is 3.00. The average molecular weight is 235 g/mol. The Hall–Kier alpha value is -0.780. The molecular weight excluding hydrogens is 214 g/mol. The number of hydrogen-bond acceptors (Lipinski definition) is 3. The van der Waals surface area contributed by atoms with E-state index in [1.54, 1.807) is 0 Å². The van der Waals surface area contributed by atoms with Crippen LogP contribution in [0.25, 0.3) is 0 Å². The van der Waals surface area contributed by atoms with Gasteiger partial charge >= 0.3 is 0 Å². The molecule has 90 valence electrons. The van der Waals surface area contributed by atoms with E-state index in [2.05, 4.69) is 10.3 Å². The summed E-state index contributed by atoms with van der Waals surface area (Å²) < 4.78 is 21.6. The number of guanidine groups is 1. The van der Waals surface area contributed by atoms with Crippen molar-refractivity contribution < 1.29 is 8.42 Å². The monoisotopic (exact) mass is 235 g/mol. The van der Waals surface area contributed by atoms with E-state index in [0.29, 0.717) is 18.9 Å². The zero-order valence-electron chi connectivity index (χ0n) is 9.87. The molecule has 0 bridgehead atoms. The lowest BCUT2D eigenvalue weighted by molar-refractivity contribution is 0.508. The molecule has 0 aliphatic heterocycles. The molecule has 0 saturated carbocycles. The van der Waals surface area contributed by atoms with Crippen molar-refractivity contribution in [2.45, 2.75) is 32.7 Å². The molecule has 0 radical (unpaired) electrons. The van der Waals surface area contributed by atoms with Crippen molar-refractivity contribution >= 4 is 15.8 Å². The van der Waals surface area contributed by atoms with Crippen LogP contribution in [0.2, 0.25) is 0 Å². The van der Waals surface area contributed by atoms with Gasteiger partial charge < -0.3 is 11.1 Å². The first-order chi connectivity index (χ1) is 6.60. The maximum atomic E-state index is 10.8. The van der Waals surface area contributed by atoms with Crippen molar-refractivity contribution in [2.24, 2.45) is 10.7 Å². The number of sulfone groups is 1. The molecule has 0 spiro atoms. The number of hydrogen-bond donors (Lipinski definition) is 2. The molecule has 0 aliphatic rings. The molecule has 15 heavy (non-hydrogen) atoms. The SMILES string of the molecule is CC(C)(C)NC(N)=NCCCS(C)(=O)=O. The van der Waals surface area contributed by atoms with E-state index in [0.717, 1.165) is 0 Å². The minimum Gasteiger partial charge on any atom is -0.370 e. The number of nitrogens with two attached hydrogens (primary N) is 1. The molecule has 0 saturated heterocycles. The van der Waals surface area contributed by atoms with Crippen LogP contribution in [0.4, 0.5) is 0 Å². The predicted octanol–water partition coefficient (Wildman–Crippen LogP) is 0.124. The summed E-state index contributed by atoms with van der Waals surface area (Å²) in [6, 6.07) is 0. The Morgan fingerprint density at radius 2 is 1.93 bits per heavy atom. The fourth-order valence-corrected chi connectivity index (χ4v) is 1.60. The number of rotatable bonds is 4. The maximum absolute atomic E-state index is 10.8. The molecular formula is C9H21N3O2S. The summed E-state index contributed by atoms with van der Waals surface area (Å²) in [5.74, 6) is 0.509. The highest BCUT2D eigenvalue weighted by Gasteiger charge is 2.09. The summed E-state index contributed by atoms with van der Waals surface area (Å²) in [4.78, 5) is 4.03. The Kier molecular flexibility index (Phi) is 5.07. The lowest BCUT2D eigenvalue weighted by atomic mass is 10.1. The van der Waals surface area contributed by atoms with Gasteiger partial charge in [-0.3, -0.25) is 4.99 Å². The van der Waals surface area contributed by atoms with Crippen molar-refractivity contribution in [3.05, 3.63) is 0 Å². The Morgan fingerprint density at radius 1 is 1.40 bits per heavy atom. The normalized spacial score (nSPS) is 14.0. The topological polar surface area (TPSA) is 84.5 Å². The van der Waals surface area contributed by atoms with Crippen LogP contribution in [0.5, 0.6) is 0 Å². The predicted molar refractivity (Wildman–Crippen MR) is 63.7 cm³/mol. The standard InChI is InChI=1S/C9H21N3O2S/c1-9(2,3)12-8(10)11-6-5-7-15(4,13)14/h5-7H2,1-4H3,(H3,10,11,12). The number of nitrogens with zero attached hydrogens (tertiary/aromatic N) is 1. The zero-order chi connectivity index (χ0) is 12.1. The fourth-order valence-electron chi connectivity index (χ4n) is 0.950. The lowest BCUT2D eigenvalue weighted by Crippen LogP contribution is -2.45. The smallest absolute Gasteiger partial charge is 0.188 e. The summed E-state index contributed by atoms with van der Waals surface area (Å²) in [7, 11) is -2.89. The van der Waals surface area contributed by atoms with E-state index in [4.69, 9.17) is 5.73 Å². The van der Waals surface area contributed by atoms with E-state index in [1.807, 2.05) is 20.8 Å². The van der Waals surface area contributed by atoms with Crippen molar-refractivity contribution in [2.75, 3.05) is 18.6 Å². The maximum Gasteiger partial charge on any atom is 0.188 e. The number of aliphatic imine (C=N–C) groups is 1. The first-order valence-corrected chi connectivity index (χ1v) is 6.92. The van der Waals surface area contributed by atoms with Gasteiger partial charge in [-0.1, -0.05) is 0 Å². The van der Waals surface area contributed by atoms with Crippen LogP contribution >= 0.6 is 0 Å². The molecule has 0 atom stereocenters. The molecule has 0 unspecified atom stereocenters. The van der Waals surface area contributed by atoms with Gasteiger partial charge in [-0.15, -0.1) is 0 Å². The van der Waals surface area contributed by atoms with E-state index in [1.165, 1.54) is 6.26 Å². The van der Waals surface area contributed by atoms with Gasteiger partial charge in [-0.2, -0.15) is 0 Å². The second-order valence-electron chi connectivity index (χ2n) is 4.63. The van der Waals surface area contributed by atoms with Crippen LogP contribution in [0, 0.1) is 0 Å². The zero-order valence-corrected chi connectivity index (χ0v) is 10.7. The Labute approximate surface area is 92.1 Å². The molecule has 3 N–H and O–H groups in total. The Morgan fingerprint density at radius 3 is 2.33 bits per heavy atom. The molecule has 6 heteroatoms.